The summed E-state index contributed by atoms with van der Waals surface area (Å²) in [7, 11) is 0. The minimum absolute atomic E-state index is 0.0229. The van der Waals surface area contributed by atoms with Crippen LogP contribution in [0.5, 0.6) is 0 Å². The largest absolute Gasteiger partial charge is 0.340 e. The van der Waals surface area contributed by atoms with Crippen molar-refractivity contribution >= 4 is 11.8 Å². The molecule has 3 rings (SSSR count). The molecule has 0 bridgehead atoms. The average Bonchev–Trinajstić information content (AvgIpc) is 2.86. The lowest BCUT2D eigenvalue weighted by Crippen LogP contribution is -2.50. The summed E-state index contributed by atoms with van der Waals surface area (Å²) < 4.78 is 13.4. The molecule has 1 fully saturated rings. The number of rotatable bonds is 11. The molecule has 2 aromatic carbocycles. The van der Waals surface area contributed by atoms with Crippen molar-refractivity contribution in [2.75, 3.05) is 39.3 Å². The van der Waals surface area contributed by atoms with Crippen LogP contribution in [0.1, 0.15) is 60.5 Å². The molecule has 0 atom stereocenters. The fraction of sp³-hybridized carbons (Fsp3) is 0.500. The molecule has 0 unspecified atom stereocenters. The van der Waals surface area contributed by atoms with Gasteiger partial charge >= 0.3 is 0 Å². The van der Waals surface area contributed by atoms with Gasteiger partial charge in [0.2, 0.25) is 5.91 Å². The Morgan fingerprint density at radius 2 is 1.59 bits per heavy atom. The van der Waals surface area contributed by atoms with E-state index in [0.29, 0.717) is 25.1 Å². The standard InChI is InChI=1S/C28H38FN3O2/c1-3-4-5-6-7-27(33)31-19-16-30(17-20-31)18-21-32(22-24-10-14-26(29)15-11-24)28(34)25-12-8-23(2)9-13-25/h8-15H,3-7,16-22H2,1-2H3. The van der Waals surface area contributed by atoms with Gasteiger partial charge in [0.1, 0.15) is 5.82 Å². The summed E-state index contributed by atoms with van der Waals surface area (Å²) in [6, 6.07) is 13.9. The van der Waals surface area contributed by atoms with Gasteiger partial charge in [-0.25, -0.2) is 4.39 Å². The van der Waals surface area contributed by atoms with Gasteiger partial charge < -0.3 is 9.80 Å². The van der Waals surface area contributed by atoms with Crippen LogP contribution in [0.4, 0.5) is 4.39 Å². The third-order valence-corrected chi connectivity index (χ3v) is 6.53. The summed E-state index contributed by atoms with van der Waals surface area (Å²) in [6.45, 7) is 9.08. The zero-order chi connectivity index (χ0) is 24.3. The Balaban J connectivity index is 1.54. The normalized spacial score (nSPS) is 14.3. The highest BCUT2D eigenvalue weighted by Gasteiger charge is 2.22. The van der Waals surface area contributed by atoms with Crippen molar-refractivity contribution in [1.82, 2.24) is 14.7 Å². The molecule has 6 heteroatoms. The van der Waals surface area contributed by atoms with Gasteiger partial charge in [-0.3, -0.25) is 14.5 Å². The fourth-order valence-electron chi connectivity index (χ4n) is 4.29. The van der Waals surface area contributed by atoms with Crippen molar-refractivity contribution in [2.24, 2.45) is 0 Å². The van der Waals surface area contributed by atoms with Gasteiger partial charge in [-0.15, -0.1) is 0 Å². The van der Waals surface area contributed by atoms with Crippen molar-refractivity contribution in [3.8, 4) is 0 Å². The van der Waals surface area contributed by atoms with Crippen molar-refractivity contribution in [3.05, 3.63) is 71.0 Å². The number of carbonyl (C=O) groups excluding carboxylic acids is 2. The average molecular weight is 468 g/mol. The second kappa shape index (κ2) is 13.2. The van der Waals surface area contributed by atoms with Crippen LogP contribution in [0.3, 0.4) is 0 Å². The molecule has 1 saturated heterocycles. The van der Waals surface area contributed by atoms with E-state index in [1.165, 1.54) is 25.0 Å². The van der Waals surface area contributed by atoms with E-state index in [-0.39, 0.29) is 17.6 Å². The molecule has 0 aromatic heterocycles. The number of amides is 2. The van der Waals surface area contributed by atoms with Gasteiger partial charge in [0, 0.05) is 57.8 Å². The predicted octanol–water partition coefficient (Wildman–Crippen LogP) is 4.89. The van der Waals surface area contributed by atoms with E-state index >= 15 is 0 Å². The lowest BCUT2D eigenvalue weighted by atomic mass is 10.1. The molecule has 184 valence electrons. The highest BCUT2D eigenvalue weighted by atomic mass is 19.1. The van der Waals surface area contributed by atoms with Crippen LogP contribution in [0.25, 0.3) is 0 Å². The van der Waals surface area contributed by atoms with E-state index in [2.05, 4.69) is 11.8 Å². The molecule has 2 amide bonds. The number of nitrogens with zero attached hydrogens (tertiary/aromatic N) is 3. The zero-order valence-corrected chi connectivity index (χ0v) is 20.6. The zero-order valence-electron chi connectivity index (χ0n) is 20.6. The molecule has 0 aliphatic carbocycles. The molecule has 1 heterocycles. The highest BCUT2D eigenvalue weighted by Crippen LogP contribution is 2.14. The van der Waals surface area contributed by atoms with E-state index in [0.717, 1.165) is 56.7 Å². The second-order valence-corrected chi connectivity index (χ2v) is 9.25. The number of carbonyl (C=O) groups is 2. The van der Waals surface area contributed by atoms with Crippen LogP contribution < -0.4 is 0 Å². The van der Waals surface area contributed by atoms with E-state index in [4.69, 9.17) is 0 Å². The Hall–Kier alpha value is -2.73. The van der Waals surface area contributed by atoms with Gasteiger partial charge in [0.25, 0.3) is 5.91 Å². The van der Waals surface area contributed by atoms with Crippen LogP contribution >= 0.6 is 0 Å². The maximum atomic E-state index is 13.4. The first-order chi connectivity index (χ1) is 16.5. The minimum atomic E-state index is -0.280. The Kier molecular flexibility index (Phi) is 10.1. The summed E-state index contributed by atoms with van der Waals surface area (Å²) in [5.41, 5.74) is 2.67. The number of unbranched alkanes of at least 4 members (excludes halogenated alkanes) is 3. The molecule has 0 radical (unpaired) electrons. The van der Waals surface area contributed by atoms with E-state index in [1.807, 2.05) is 41.0 Å². The van der Waals surface area contributed by atoms with Gasteiger partial charge in [-0.05, 0) is 43.2 Å². The maximum absolute atomic E-state index is 13.4. The lowest BCUT2D eigenvalue weighted by molar-refractivity contribution is -0.133. The van der Waals surface area contributed by atoms with Crippen LogP contribution in [0.2, 0.25) is 0 Å². The smallest absolute Gasteiger partial charge is 0.254 e. The SMILES string of the molecule is CCCCCCC(=O)N1CCN(CCN(Cc2ccc(F)cc2)C(=O)c2ccc(C)cc2)CC1. The third kappa shape index (κ3) is 7.94. The monoisotopic (exact) mass is 467 g/mol. The van der Waals surface area contributed by atoms with Gasteiger partial charge in [0.15, 0.2) is 0 Å². The molecule has 1 aliphatic rings. The summed E-state index contributed by atoms with van der Waals surface area (Å²) in [6.07, 6.45) is 5.12. The third-order valence-electron chi connectivity index (χ3n) is 6.53. The molecule has 5 nitrogen and oxygen atoms in total. The van der Waals surface area contributed by atoms with Crippen molar-refractivity contribution in [1.29, 1.82) is 0 Å². The number of benzene rings is 2. The van der Waals surface area contributed by atoms with Gasteiger partial charge in [0.05, 0.1) is 0 Å². The summed E-state index contributed by atoms with van der Waals surface area (Å²) >= 11 is 0. The molecule has 0 spiro atoms. The van der Waals surface area contributed by atoms with E-state index in [1.54, 1.807) is 12.1 Å². The molecule has 0 N–H and O–H groups in total. The quantitative estimate of drug-likeness (QED) is 0.442. The van der Waals surface area contributed by atoms with E-state index < -0.39 is 0 Å². The molecule has 0 saturated carbocycles. The first kappa shape index (κ1) is 25.9. The first-order valence-corrected chi connectivity index (χ1v) is 12.6. The Labute approximate surface area is 203 Å². The number of aryl methyl sites for hydroxylation is 1. The Bertz CT molecular complexity index is 906. The molecule has 2 aromatic rings. The molecular weight excluding hydrogens is 429 g/mol. The van der Waals surface area contributed by atoms with Gasteiger partial charge in [-0.1, -0.05) is 56.0 Å². The summed E-state index contributed by atoms with van der Waals surface area (Å²) in [4.78, 5) is 31.9. The second-order valence-electron chi connectivity index (χ2n) is 9.25. The van der Waals surface area contributed by atoms with Crippen LogP contribution in [-0.2, 0) is 11.3 Å². The Morgan fingerprint density at radius 1 is 0.912 bits per heavy atom. The van der Waals surface area contributed by atoms with Crippen molar-refractivity contribution in [2.45, 2.75) is 52.5 Å². The maximum Gasteiger partial charge on any atom is 0.254 e. The van der Waals surface area contributed by atoms with Gasteiger partial charge in [-0.2, -0.15) is 0 Å². The van der Waals surface area contributed by atoms with E-state index in [9.17, 15) is 14.0 Å². The van der Waals surface area contributed by atoms with Crippen molar-refractivity contribution in [3.63, 3.8) is 0 Å². The van der Waals surface area contributed by atoms with Crippen LogP contribution in [0.15, 0.2) is 48.5 Å². The van der Waals surface area contributed by atoms with Crippen LogP contribution in [0, 0.1) is 12.7 Å². The number of hydrogen-bond donors (Lipinski definition) is 0. The number of halogens is 1. The highest BCUT2D eigenvalue weighted by molar-refractivity contribution is 5.94. The Morgan fingerprint density at radius 3 is 2.24 bits per heavy atom. The number of hydrogen-bond acceptors (Lipinski definition) is 3. The summed E-state index contributed by atoms with van der Waals surface area (Å²) in [5, 5.41) is 0. The minimum Gasteiger partial charge on any atom is -0.340 e. The summed E-state index contributed by atoms with van der Waals surface area (Å²) in [5.74, 6) is -0.0357. The van der Waals surface area contributed by atoms with Crippen LogP contribution in [-0.4, -0.2) is 65.8 Å². The predicted molar refractivity (Wildman–Crippen MR) is 134 cm³/mol. The molecule has 1 aliphatic heterocycles. The molecule has 34 heavy (non-hydrogen) atoms. The molecular formula is C28H38FN3O2. The first-order valence-electron chi connectivity index (χ1n) is 12.6. The fourth-order valence-corrected chi connectivity index (χ4v) is 4.29. The number of piperazine rings is 1. The topological polar surface area (TPSA) is 43.9 Å². The van der Waals surface area contributed by atoms with Crippen molar-refractivity contribution < 1.29 is 14.0 Å². The lowest BCUT2D eigenvalue weighted by Gasteiger charge is -2.36.